The molecule has 170 valence electrons. The zero-order valence-electron chi connectivity index (χ0n) is 18.5. The fraction of sp³-hybridized carbons (Fsp3) is 0.391. The van der Waals surface area contributed by atoms with Crippen molar-refractivity contribution in [2.75, 3.05) is 0 Å². The van der Waals surface area contributed by atoms with Gasteiger partial charge < -0.3 is 0 Å². The van der Waals surface area contributed by atoms with Gasteiger partial charge in [-0.05, 0) is 51.9 Å². The lowest BCUT2D eigenvalue weighted by Crippen LogP contribution is -2.34. The molecule has 0 bridgehead atoms. The number of carbonyl (C=O) groups is 1. The van der Waals surface area contributed by atoms with Crippen LogP contribution in [0.4, 0.5) is 13.2 Å². The summed E-state index contributed by atoms with van der Waals surface area (Å²) in [7, 11) is 0. The standard InChI is InChI=1S/C23H24ClF3N4O/c1-21(2,3)20-28-29-30-31(20)18-11-15(14-6-8-17(24)9-7-14)10-16(12-18)19(32)13-22(4,5)23(25,26)27/h6-12H,13H2,1-5H3. The molecule has 1 heterocycles. The Kier molecular flexibility index (Phi) is 6.21. The van der Waals surface area contributed by atoms with Crippen molar-refractivity contribution in [1.29, 1.82) is 0 Å². The lowest BCUT2D eigenvalue weighted by atomic mass is 9.84. The molecule has 0 aliphatic rings. The summed E-state index contributed by atoms with van der Waals surface area (Å²) in [5, 5.41) is 12.5. The minimum absolute atomic E-state index is 0.153. The largest absolute Gasteiger partial charge is 0.394 e. The van der Waals surface area contributed by atoms with Crippen LogP contribution in [0.2, 0.25) is 5.02 Å². The quantitative estimate of drug-likeness (QED) is 0.407. The van der Waals surface area contributed by atoms with Gasteiger partial charge in [0.2, 0.25) is 0 Å². The average molecular weight is 465 g/mol. The van der Waals surface area contributed by atoms with Gasteiger partial charge in [-0.2, -0.15) is 17.9 Å². The van der Waals surface area contributed by atoms with E-state index < -0.39 is 29.2 Å². The van der Waals surface area contributed by atoms with E-state index in [9.17, 15) is 18.0 Å². The molecule has 3 rings (SSSR count). The Morgan fingerprint density at radius 1 is 0.969 bits per heavy atom. The van der Waals surface area contributed by atoms with Gasteiger partial charge in [-0.3, -0.25) is 4.79 Å². The Balaban J connectivity index is 2.15. The van der Waals surface area contributed by atoms with Crippen molar-refractivity contribution < 1.29 is 18.0 Å². The summed E-state index contributed by atoms with van der Waals surface area (Å²) in [6, 6.07) is 11.9. The Labute approximate surface area is 189 Å². The third-order valence-electron chi connectivity index (χ3n) is 5.17. The van der Waals surface area contributed by atoms with Crippen LogP contribution >= 0.6 is 11.6 Å². The molecule has 0 spiro atoms. The van der Waals surface area contributed by atoms with E-state index in [2.05, 4.69) is 15.5 Å². The molecule has 0 saturated heterocycles. The molecule has 0 saturated carbocycles. The normalized spacial score (nSPS) is 12.8. The molecule has 9 heteroatoms. The van der Waals surface area contributed by atoms with E-state index in [0.717, 1.165) is 19.4 Å². The van der Waals surface area contributed by atoms with Gasteiger partial charge in [-0.25, -0.2) is 0 Å². The summed E-state index contributed by atoms with van der Waals surface area (Å²) in [6.07, 6.45) is -5.18. The first-order chi connectivity index (χ1) is 14.7. The molecular formula is C23H24ClF3N4O. The molecule has 2 aromatic carbocycles. The smallest absolute Gasteiger partial charge is 0.294 e. The Bertz CT molecular complexity index is 1130. The van der Waals surface area contributed by atoms with Gasteiger partial charge in [0.05, 0.1) is 11.1 Å². The van der Waals surface area contributed by atoms with E-state index in [1.54, 1.807) is 36.4 Å². The molecule has 32 heavy (non-hydrogen) atoms. The maximum atomic E-state index is 13.4. The number of carbonyl (C=O) groups excluding carboxylic acids is 1. The topological polar surface area (TPSA) is 60.7 Å². The first-order valence-corrected chi connectivity index (χ1v) is 10.4. The van der Waals surface area contributed by atoms with E-state index in [1.165, 1.54) is 10.7 Å². The summed E-state index contributed by atoms with van der Waals surface area (Å²) in [5.41, 5.74) is -0.525. The number of Topliss-reactive ketones (excluding diaryl/α,β-unsaturated/α-hetero) is 1. The number of alkyl halides is 3. The number of hydrogen-bond acceptors (Lipinski definition) is 4. The molecule has 0 aliphatic carbocycles. The van der Waals surface area contributed by atoms with Crippen molar-refractivity contribution in [2.45, 2.75) is 52.6 Å². The fourth-order valence-electron chi connectivity index (χ4n) is 3.14. The highest BCUT2D eigenvalue weighted by Gasteiger charge is 2.48. The number of benzene rings is 2. The van der Waals surface area contributed by atoms with E-state index in [0.29, 0.717) is 22.1 Å². The van der Waals surface area contributed by atoms with Gasteiger partial charge in [-0.15, -0.1) is 5.10 Å². The molecule has 0 N–H and O–H groups in total. The number of ketones is 1. The van der Waals surface area contributed by atoms with Crippen LogP contribution in [-0.2, 0) is 5.41 Å². The van der Waals surface area contributed by atoms with Crippen LogP contribution in [0, 0.1) is 5.41 Å². The summed E-state index contributed by atoms with van der Waals surface area (Å²) in [6.45, 7) is 7.87. The first kappa shape index (κ1) is 23.9. The number of tetrazole rings is 1. The van der Waals surface area contributed by atoms with Gasteiger partial charge in [0.1, 0.15) is 0 Å². The van der Waals surface area contributed by atoms with Crippen molar-refractivity contribution in [3.8, 4) is 16.8 Å². The number of hydrogen-bond donors (Lipinski definition) is 0. The van der Waals surface area contributed by atoms with Crippen LogP contribution in [0.1, 0.15) is 57.2 Å². The zero-order valence-corrected chi connectivity index (χ0v) is 19.2. The Morgan fingerprint density at radius 3 is 2.16 bits per heavy atom. The van der Waals surface area contributed by atoms with Gasteiger partial charge in [0.25, 0.3) is 0 Å². The monoisotopic (exact) mass is 464 g/mol. The van der Waals surface area contributed by atoms with Crippen molar-refractivity contribution in [3.63, 3.8) is 0 Å². The van der Waals surface area contributed by atoms with Crippen LogP contribution in [0.15, 0.2) is 42.5 Å². The van der Waals surface area contributed by atoms with E-state index >= 15 is 0 Å². The van der Waals surface area contributed by atoms with Gasteiger partial charge in [-0.1, -0.05) is 58.4 Å². The Morgan fingerprint density at radius 2 is 1.59 bits per heavy atom. The second-order valence-electron chi connectivity index (χ2n) is 9.42. The third kappa shape index (κ3) is 5.01. The average Bonchev–Trinajstić information content (AvgIpc) is 3.17. The fourth-order valence-corrected chi connectivity index (χ4v) is 3.26. The summed E-state index contributed by atoms with van der Waals surface area (Å²) < 4.78 is 41.7. The maximum Gasteiger partial charge on any atom is 0.394 e. The zero-order chi connectivity index (χ0) is 23.9. The van der Waals surface area contributed by atoms with Crippen molar-refractivity contribution in [2.24, 2.45) is 5.41 Å². The van der Waals surface area contributed by atoms with Crippen LogP contribution in [0.5, 0.6) is 0 Å². The molecular weight excluding hydrogens is 441 g/mol. The van der Waals surface area contributed by atoms with Gasteiger partial charge >= 0.3 is 6.18 Å². The van der Waals surface area contributed by atoms with Crippen molar-refractivity contribution in [1.82, 2.24) is 20.2 Å². The number of rotatable bonds is 5. The highest BCUT2D eigenvalue weighted by molar-refractivity contribution is 6.30. The number of nitrogens with zero attached hydrogens (tertiary/aromatic N) is 4. The summed E-state index contributed by atoms with van der Waals surface area (Å²) >= 11 is 5.99. The lowest BCUT2D eigenvalue weighted by Gasteiger charge is -2.27. The molecule has 1 aromatic heterocycles. The number of aromatic nitrogens is 4. The second-order valence-corrected chi connectivity index (χ2v) is 9.86. The van der Waals surface area contributed by atoms with Gasteiger partial charge in [0, 0.05) is 22.4 Å². The summed E-state index contributed by atoms with van der Waals surface area (Å²) in [4.78, 5) is 13.0. The van der Waals surface area contributed by atoms with E-state index in [4.69, 9.17) is 11.6 Å². The lowest BCUT2D eigenvalue weighted by molar-refractivity contribution is -0.209. The van der Waals surface area contributed by atoms with Crippen LogP contribution < -0.4 is 0 Å². The highest BCUT2D eigenvalue weighted by Crippen LogP contribution is 2.41. The van der Waals surface area contributed by atoms with Gasteiger partial charge in [0.15, 0.2) is 11.6 Å². The van der Waals surface area contributed by atoms with Crippen LogP contribution in [0.25, 0.3) is 16.8 Å². The SMILES string of the molecule is CC(C)(C)c1nnnn1-c1cc(C(=O)CC(C)(C)C(F)(F)F)cc(-c2ccc(Cl)cc2)c1. The molecule has 0 aliphatic heterocycles. The first-order valence-electron chi connectivity index (χ1n) is 9.99. The minimum atomic E-state index is -4.51. The Hall–Kier alpha value is -2.74. The molecule has 0 unspecified atom stereocenters. The molecule has 3 aromatic rings. The predicted octanol–water partition coefficient (Wildman–Crippen LogP) is 6.44. The van der Waals surface area contributed by atoms with E-state index in [1.807, 2.05) is 20.8 Å². The maximum absolute atomic E-state index is 13.4. The predicted molar refractivity (Wildman–Crippen MR) is 117 cm³/mol. The molecule has 0 radical (unpaired) electrons. The third-order valence-corrected chi connectivity index (χ3v) is 5.42. The second kappa shape index (κ2) is 8.31. The van der Waals surface area contributed by atoms with Crippen LogP contribution in [-0.4, -0.2) is 32.2 Å². The minimum Gasteiger partial charge on any atom is -0.294 e. The molecule has 0 amide bonds. The molecule has 5 nitrogen and oxygen atoms in total. The van der Waals surface area contributed by atoms with Crippen LogP contribution in [0.3, 0.4) is 0 Å². The number of halogens is 4. The van der Waals surface area contributed by atoms with Crippen molar-refractivity contribution in [3.05, 3.63) is 58.9 Å². The molecule has 0 fully saturated rings. The summed E-state index contributed by atoms with van der Waals surface area (Å²) in [5.74, 6) is -0.0606. The molecule has 0 atom stereocenters. The highest BCUT2D eigenvalue weighted by atomic mass is 35.5. The van der Waals surface area contributed by atoms with E-state index in [-0.39, 0.29) is 5.56 Å². The van der Waals surface area contributed by atoms with Crippen molar-refractivity contribution >= 4 is 17.4 Å².